The summed E-state index contributed by atoms with van der Waals surface area (Å²) < 4.78 is 5.16. The number of nitrogens with zero attached hydrogens (tertiary/aromatic N) is 1. The first-order valence-electron chi connectivity index (χ1n) is 7.13. The molecule has 1 heterocycles. The molecule has 1 fully saturated rings. The molecule has 0 spiro atoms. The van der Waals surface area contributed by atoms with Crippen molar-refractivity contribution in [2.45, 2.75) is 51.9 Å². The van der Waals surface area contributed by atoms with Gasteiger partial charge in [0.15, 0.2) is 0 Å². The Morgan fingerprint density at radius 2 is 2.10 bits per heavy atom. The highest BCUT2D eigenvalue weighted by Crippen LogP contribution is 2.25. The van der Waals surface area contributed by atoms with Crippen LogP contribution in [0.25, 0.3) is 0 Å². The Hall–Kier alpha value is -1.78. The number of carboxylic acid groups (broad SMARTS) is 1. The average molecular weight is 281 g/mol. The van der Waals surface area contributed by atoms with Crippen molar-refractivity contribution < 1.29 is 19.5 Å². The molecule has 5 nitrogen and oxygen atoms in total. The third kappa shape index (κ3) is 6.41. The molecular formula is C15H23NO4. The maximum absolute atomic E-state index is 10.3. The van der Waals surface area contributed by atoms with Gasteiger partial charge in [0.2, 0.25) is 0 Å². The molecule has 0 bridgehead atoms. The maximum atomic E-state index is 10.3. The van der Waals surface area contributed by atoms with Crippen LogP contribution >= 0.6 is 0 Å². The predicted octanol–water partition coefficient (Wildman–Crippen LogP) is 3.69. The Balaban J connectivity index is 0.000000200. The summed E-state index contributed by atoms with van der Waals surface area (Å²) in [5, 5.41) is 19.4. The molecule has 20 heavy (non-hydrogen) atoms. The van der Waals surface area contributed by atoms with Crippen molar-refractivity contribution in [3.05, 3.63) is 23.7 Å². The fourth-order valence-corrected chi connectivity index (χ4v) is 2.35. The molecule has 0 saturated heterocycles. The van der Waals surface area contributed by atoms with Crippen molar-refractivity contribution in [2.24, 2.45) is 11.1 Å². The third-order valence-corrected chi connectivity index (χ3v) is 3.40. The number of hydrogen-bond acceptors (Lipinski definition) is 4. The van der Waals surface area contributed by atoms with Gasteiger partial charge in [0.05, 0.1) is 0 Å². The first-order chi connectivity index (χ1) is 9.65. The molecule has 0 aromatic carbocycles. The van der Waals surface area contributed by atoms with Gasteiger partial charge in [-0.3, -0.25) is 4.79 Å². The van der Waals surface area contributed by atoms with E-state index in [1.165, 1.54) is 25.5 Å². The summed E-state index contributed by atoms with van der Waals surface area (Å²) in [7, 11) is 0. The lowest BCUT2D eigenvalue weighted by atomic mass is 9.87. The predicted molar refractivity (Wildman–Crippen MR) is 76.3 cm³/mol. The monoisotopic (exact) mass is 281 g/mol. The van der Waals surface area contributed by atoms with Crippen molar-refractivity contribution in [3.63, 3.8) is 0 Å². The van der Waals surface area contributed by atoms with Crippen LogP contribution in [0, 0.1) is 5.92 Å². The molecule has 1 aromatic rings. The Bertz CT molecular complexity index is 419. The number of rotatable bonds is 4. The fraction of sp³-hybridized carbons (Fsp3) is 0.600. The van der Waals surface area contributed by atoms with Gasteiger partial charge in [0.1, 0.15) is 17.7 Å². The smallest absolute Gasteiger partial charge is 0.303 e. The Labute approximate surface area is 119 Å². The van der Waals surface area contributed by atoms with Crippen LogP contribution in [0.3, 0.4) is 0 Å². The second kappa shape index (κ2) is 9.18. The lowest BCUT2D eigenvalue weighted by Crippen LogP contribution is -2.10. The molecular weight excluding hydrogens is 258 g/mol. The van der Waals surface area contributed by atoms with E-state index in [2.05, 4.69) is 5.16 Å². The van der Waals surface area contributed by atoms with Crippen molar-refractivity contribution >= 4 is 12.2 Å². The van der Waals surface area contributed by atoms with Gasteiger partial charge in [-0.2, -0.15) is 0 Å². The van der Waals surface area contributed by atoms with Gasteiger partial charge in [-0.25, -0.2) is 0 Å². The summed E-state index contributed by atoms with van der Waals surface area (Å²) in [5.41, 5.74) is 0. The average Bonchev–Trinajstić information content (AvgIpc) is 2.88. The van der Waals surface area contributed by atoms with Gasteiger partial charge in [0, 0.05) is 12.8 Å². The molecule has 1 aliphatic rings. The minimum atomic E-state index is -0.632. The zero-order valence-corrected chi connectivity index (χ0v) is 11.9. The molecule has 0 aliphatic heterocycles. The zero-order chi connectivity index (χ0) is 14.8. The Kier molecular flexibility index (Phi) is 7.47. The summed E-state index contributed by atoms with van der Waals surface area (Å²) in [4.78, 5) is 10.3. The molecule has 0 atom stereocenters. The van der Waals surface area contributed by atoms with Gasteiger partial charge in [-0.1, -0.05) is 31.3 Å². The largest absolute Gasteiger partial charge is 0.481 e. The highest BCUT2D eigenvalue weighted by atomic mass is 16.4. The van der Waals surface area contributed by atoms with Crippen molar-refractivity contribution in [2.75, 3.05) is 0 Å². The number of oxime groups is 1. The number of aryl methyl sites for hydroxylation is 1. The number of furan rings is 1. The van der Waals surface area contributed by atoms with Crippen molar-refractivity contribution in [1.82, 2.24) is 0 Å². The molecule has 112 valence electrons. The second-order valence-electron chi connectivity index (χ2n) is 5.00. The molecule has 0 radical (unpaired) electrons. The van der Waals surface area contributed by atoms with Crippen LogP contribution in [-0.2, 0) is 11.2 Å². The van der Waals surface area contributed by atoms with Gasteiger partial charge in [-0.05, 0) is 30.9 Å². The SMILES string of the molecule is CCc1ccc(C=NO)o1.O=C(O)CC1CCCCC1. The summed E-state index contributed by atoms with van der Waals surface area (Å²) in [6.07, 6.45) is 8.54. The van der Waals surface area contributed by atoms with Gasteiger partial charge < -0.3 is 14.7 Å². The van der Waals surface area contributed by atoms with Crippen LogP contribution in [0.15, 0.2) is 21.7 Å². The first kappa shape index (κ1) is 16.3. The van der Waals surface area contributed by atoms with Crippen LogP contribution in [0.4, 0.5) is 0 Å². The number of aliphatic carboxylic acids is 1. The minimum absolute atomic E-state index is 0.389. The van der Waals surface area contributed by atoms with Crippen LogP contribution in [-0.4, -0.2) is 22.5 Å². The Morgan fingerprint density at radius 3 is 2.60 bits per heavy atom. The van der Waals surface area contributed by atoms with E-state index in [9.17, 15) is 4.79 Å². The van der Waals surface area contributed by atoms with Crippen molar-refractivity contribution in [1.29, 1.82) is 0 Å². The number of carboxylic acids is 1. The number of hydrogen-bond donors (Lipinski definition) is 2. The third-order valence-electron chi connectivity index (χ3n) is 3.40. The zero-order valence-electron chi connectivity index (χ0n) is 11.9. The molecule has 0 unspecified atom stereocenters. The van der Waals surface area contributed by atoms with Crippen molar-refractivity contribution in [3.8, 4) is 0 Å². The Morgan fingerprint density at radius 1 is 1.40 bits per heavy atom. The van der Waals surface area contributed by atoms with E-state index in [1.54, 1.807) is 6.07 Å². The molecule has 1 aliphatic carbocycles. The van der Waals surface area contributed by atoms with Gasteiger partial charge in [-0.15, -0.1) is 0 Å². The molecule has 0 amide bonds. The first-order valence-corrected chi connectivity index (χ1v) is 7.13. The highest BCUT2D eigenvalue weighted by molar-refractivity contribution is 5.75. The molecule has 1 aromatic heterocycles. The molecule has 5 heteroatoms. The van der Waals surface area contributed by atoms with Crippen LogP contribution in [0.5, 0.6) is 0 Å². The molecule has 2 rings (SSSR count). The highest BCUT2D eigenvalue weighted by Gasteiger charge is 2.15. The summed E-state index contributed by atoms with van der Waals surface area (Å²) in [6, 6.07) is 3.62. The lowest BCUT2D eigenvalue weighted by molar-refractivity contribution is -0.138. The van der Waals surface area contributed by atoms with E-state index in [1.807, 2.05) is 13.0 Å². The van der Waals surface area contributed by atoms with Crippen LogP contribution in [0.1, 0.15) is 57.0 Å². The van der Waals surface area contributed by atoms with Gasteiger partial charge in [0.25, 0.3) is 0 Å². The van der Waals surface area contributed by atoms with E-state index in [-0.39, 0.29) is 0 Å². The number of carbonyl (C=O) groups is 1. The topological polar surface area (TPSA) is 83.0 Å². The fourth-order valence-electron chi connectivity index (χ4n) is 2.35. The second-order valence-corrected chi connectivity index (χ2v) is 5.00. The van der Waals surface area contributed by atoms with E-state index in [4.69, 9.17) is 14.7 Å². The van der Waals surface area contributed by atoms with Crippen LogP contribution < -0.4 is 0 Å². The summed E-state index contributed by atoms with van der Waals surface area (Å²) in [6.45, 7) is 2.00. The van der Waals surface area contributed by atoms with Gasteiger partial charge >= 0.3 is 5.97 Å². The lowest BCUT2D eigenvalue weighted by Gasteiger charge is -2.18. The standard InChI is InChI=1S/C8H14O2.C7H9NO2/c9-8(10)6-7-4-2-1-3-5-7;1-2-6-3-4-7(10-6)5-8-9/h7H,1-6H2,(H,9,10);3-5,9H,2H2,1H3. The van der Waals surface area contributed by atoms with E-state index >= 15 is 0 Å². The molecule has 2 N–H and O–H groups in total. The van der Waals surface area contributed by atoms with E-state index in [0.29, 0.717) is 18.1 Å². The summed E-state index contributed by atoms with van der Waals surface area (Å²) >= 11 is 0. The molecule has 1 saturated carbocycles. The maximum Gasteiger partial charge on any atom is 0.303 e. The minimum Gasteiger partial charge on any atom is -0.481 e. The van der Waals surface area contributed by atoms with Crippen LogP contribution in [0.2, 0.25) is 0 Å². The van der Waals surface area contributed by atoms with E-state index < -0.39 is 5.97 Å². The normalized spacial score (nSPS) is 15.8. The quantitative estimate of drug-likeness (QED) is 0.501. The summed E-state index contributed by atoms with van der Waals surface area (Å²) in [5.74, 6) is 1.33. The van der Waals surface area contributed by atoms with E-state index in [0.717, 1.165) is 25.0 Å².